The zero-order chi connectivity index (χ0) is 11.8. The lowest BCUT2D eigenvalue weighted by atomic mass is 10.2. The zero-order valence-electron chi connectivity index (χ0n) is 7.95. The first-order valence-corrected chi connectivity index (χ1v) is 4.42. The van der Waals surface area contributed by atoms with Crippen molar-refractivity contribution in [3.8, 4) is 5.69 Å². The Morgan fingerprint density at radius 2 is 1.94 bits per heavy atom. The van der Waals surface area contributed by atoms with E-state index in [0.29, 0.717) is 0 Å². The second-order valence-electron chi connectivity index (χ2n) is 3.18. The van der Waals surface area contributed by atoms with Crippen molar-refractivity contribution < 1.29 is 13.2 Å². The minimum atomic E-state index is -4.41. The van der Waals surface area contributed by atoms with Gasteiger partial charge >= 0.3 is 6.18 Å². The molecule has 84 valence electrons. The summed E-state index contributed by atoms with van der Waals surface area (Å²) in [5.41, 5.74) is -1.03. The van der Waals surface area contributed by atoms with Gasteiger partial charge in [-0.1, -0.05) is 6.07 Å². The van der Waals surface area contributed by atoms with Crippen LogP contribution < -0.4 is 5.56 Å². The molecule has 3 nitrogen and oxygen atoms in total. The number of aromatic nitrogens is 2. The number of hydrogen-bond donors (Lipinski definition) is 1. The molecule has 0 fully saturated rings. The third-order valence-electron chi connectivity index (χ3n) is 2.08. The molecule has 1 aromatic carbocycles. The van der Waals surface area contributed by atoms with Crippen molar-refractivity contribution in [3.63, 3.8) is 0 Å². The Morgan fingerprint density at radius 3 is 2.50 bits per heavy atom. The highest BCUT2D eigenvalue weighted by Crippen LogP contribution is 2.29. The van der Waals surface area contributed by atoms with Crippen molar-refractivity contribution in [2.75, 3.05) is 0 Å². The van der Waals surface area contributed by atoms with Gasteiger partial charge in [0.15, 0.2) is 0 Å². The van der Waals surface area contributed by atoms with Crippen LogP contribution in [-0.4, -0.2) is 9.78 Å². The van der Waals surface area contributed by atoms with E-state index in [1.165, 1.54) is 24.4 Å². The first-order chi connectivity index (χ1) is 7.48. The molecule has 16 heavy (non-hydrogen) atoms. The number of benzene rings is 1. The average Bonchev–Trinajstić information content (AvgIpc) is 2.63. The van der Waals surface area contributed by atoms with Gasteiger partial charge in [0.2, 0.25) is 0 Å². The van der Waals surface area contributed by atoms with Gasteiger partial charge in [0.25, 0.3) is 5.56 Å². The number of rotatable bonds is 1. The summed E-state index contributed by atoms with van der Waals surface area (Å²) < 4.78 is 38.3. The number of alkyl halides is 3. The summed E-state index contributed by atoms with van der Waals surface area (Å²) in [6.45, 7) is 0. The lowest BCUT2D eigenvalue weighted by Gasteiger charge is -2.08. The van der Waals surface area contributed by atoms with Gasteiger partial charge in [-0.2, -0.15) is 13.2 Å². The fraction of sp³-hybridized carbons (Fsp3) is 0.100. The molecule has 0 radical (unpaired) electrons. The predicted molar refractivity (Wildman–Crippen MR) is 51.4 cm³/mol. The van der Waals surface area contributed by atoms with Crippen LogP contribution in [0.4, 0.5) is 13.2 Å². The monoisotopic (exact) mass is 228 g/mol. The maximum atomic E-state index is 12.4. The van der Waals surface area contributed by atoms with Crippen molar-refractivity contribution >= 4 is 0 Å². The molecule has 0 amide bonds. The van der Waals surface area contributed by atoms with Crippen LogP contribution in [0.15, 0.2) is 41.3 Å². The van der Waals surface area contributed by atoms with E-state index in [2.05, 4.69) is 5.10 Å². The fourth-order valence-corrected chi connectivity index (χ4v) is 1.34. The summed E-state index contributed by atoms with van der Waals surface area (Å²) in [5, 5.41) is 2.54. The number of halogens is 3. The van der Waals surface area contributed by atoms with Crippen molar-refractivity contribution in [1.29, 1.82) is 0 Å². The molecule has 0 atom stereocenters. The van der Waals surface area contributed by atoms with E-state index in [9.17, 15) is 18.0 Å². The van der Waals surface area contributed by atoms with Gasteiger partial charge in [-0.05, 0) is 18.2 Å². The van der Waals surface area contributed by atoms with Crippen LogP contribution in [0.1, 0.15) is 5.56 Å². The molecule has 0 bridgehead atoms. The van der Waals surface area contributed by atoms with Crippen LogP contribution in [-0.2, 0) is 6.18 Å². The van der Waals surface area contributed by atoms with Gasteiger partial charge in [-0.15, -0.1) is 0 Å². The molecule has 1 aromatic heterocycles. The van der Waals surface area contributed by atoms with E-state index in [4.69, 9.17) is 0 Å². The van der Waals surface area contributed by atoms with E-state index in [0.717, 1.165) is 16.8 Å². The molecule has 0 aliphatic heterocycles. The first kappa shape index (κ1) is 10.5. The van der Waals surface area contributed by atoms with Crippen LogP contribution in [0.25, 0.3) is 5.69 Å². The average molecular weight is 228 g/mol. The van der Waals surface area contributed by atoms with Crippen LogP contribution >= 0.6 is 0 Å². The molecule has 0 saturated carbocycles. The summed E-state index contributed by atoms with van der Waals surface area (Å²) in [6, 6.07) is 5.79. The van der Waals surface area contributed by atoms with E-state index < -0.39 is 17.3 Å². The van der Waals surface area contributed by atoms with Crippen molar-refractivity contribution in [2.24, 2.45) is 0 Å². The summed E-state index contributed by atoms with van der Waals surface area (Å²) >= 11 is 0. The highest BCUT2D eigenvalue weighted by molar-refractivity contribution is 5.36. The second kappa shape index (κ2) is 3.55. The second-order valence-corrected chi connectivity index (χ2v) is 3.18. The molecule has 0 saturated heterocycles. The van der Waals surface area contributed by atoms with Crippen LogP contribution in [0.2, 0.25) is 0 Å². The largest absolute Gasteiger partial charge is 0.416 e. The standard InChI is InChI=1S/C10H7F3N2O/c11-10(12,13)7-2-1-3-8(6-7)15-9(16)4-5-14-15/h1-6,14H. The molecule has 1 heterocycles. The van der Waals surface area contributed by atoms with E-state index in [1.54, 1.807) is 0 Å². The molecule has 2 aromatic rings. The van der Waals surface area contributed by atoms with Gasteiger partial charge in [0.1, 0.15) is 0 Å². The Hall–Kier alpha value is -1.98. The molecule has 0 aliphatic carbocycles. The summed E-state index contributed by atoms with van der Waals surface area (Å²) in [5.74, 6) is 0. The smallest absolute Gasteiger partial charge is 0.298 e. The van der Waals surface area contributed by atoms with E-state index in [1.807, 2.05) is 0 Å². The van der Waals surface area contributed by atoms with Crippen LogP contribution in [0.5, 0.6) is 0 Å². The predicted octanol–water partition coefficient (Wildman–Crippen LogP) is 2.18. The quantitative estimate of drug-likeness (QED) is 0.798. The highest BCUT2D eigenvalue weighted by Gasteiger charge is 2.30. The minimum absolute atomic E-state index is 0.157. The van der Waals surface area contributed by atoms with Gasteiger partial charge in [-0.25, -0.2) is 4.68 Å². The zero-order valence-corrected chi connectivity index (χ0v) is 7.95. The number of nitrogens with zero attached hydrogens (tertiary/aromatic N) is 1. The molecule has 6 heteroatoms. The van der Waals surface area contributed by atoms with Crippen LogP contribution in [0, 0.1) is 0 Å². The Labute approximate surface area is 88.1 Å². The van der Waals surface area contributed by atoms with Crippen LogP contribution in [0.3, 0.4) is 0 Å². The minimum Gasteiger partial charge on any atom is -0.298 e. The SMILES string of the molecule is O=c1cc[nH]n1-c1cccc(C(F)(F)F)c1. The lowest BCUT2D eigenvalue weighted by molar-refractivity contribution is -0.137. The Balaban J connectivity index is 2.53. The van der Waals surface area contributed by atoms with Gasteiger partial charge < -0.3 is 0 Å². The van der Waals surface area contributed by atoms with Gasteiger partial charge in [0.05, 0.1) is 11.3 Å². The third kappa shape index (κ3) is 1.86. The molecule has 1 N–H and O–H groups in total. The summed E-state index contributed by atoms with van der Waals surface area (Å²) in [4.78, 5) is 11.2. The molecule has 0 spiro atoms. The van der Waals surface area contributed by atoms with Gasteiger partial charge in [0, 0.05) is 12.3 Å². The number of hydrogen-bond acceptors (Lipinski definition) is 1. The van der Waals surface area contributed by atoms with Crippen molar-refractivity contribution in [2.45, 2.75) is 6.18 Å². The molecule has 2 rings (SSSR count). The highest BCUT2D eigenvalue weighted by atomic mass is 19.4. The number of H-pyrrole nitrogens is 1. The molecular weight excluding hydrogens is 221 g/mol. The maximum Gasteiger partial charge on any atom is 0.416 e. The fourth-order valence-electron chi connectivity index (χ4n) is 1.34. The summed E-state index contributed by atoms with van der Waals surface area (Å²) in [6.07, 6.45) is -3.05. The van der Waals surface area contributed by atoms with E-state index >= 15 is 0 Å². The molecular formula is C10H7F3N2O. The lowest BCUT2D eigenvalue weighted by Crippen LogP contribution is -2.14. The van der Waals surface area contributed by atoms with Crippen molar-refractivity contribution in [3.05, 3.63) is 52.4 Å². The van der Waals surface area contributed by atoms with E-state index in [-0.39, 0.29) is 5.69 Å². The summed E-state index contributed by atoms with van der Waals surface area (Å²) in [7, 11) is 0. The van der Waals surface area contributed by atoms with Crippen molar-refractivity contribution in [1.82, 2.24) is 9.78 Å². The third-order valence-corrected chi connectivity index (χ3v) is 2.08. The Bertz CT molecular complexity index is 553. The van der Waals surface area contributed by atoms with Gasteiger partial charge in [-0.3, -0.25) is 9.89 Å². The maximum absolute atomic E-state index is 12.4. The topological polar surface area (TPSA) is 37.8 Å². The molecule has 0 aliphatic rings. The Kier molecular flexibility index (Phi) is 2.34. The Morgan fingerprint density at radius 1 is 1.19 bits per heavy atom. The number of aromatic amines is 1. The first-order valence-electron chi connectivity index (χ1n) is 4.42. The normalized spacial score (nSPS) is 11.7. The number of nitrogens with one attached hydrogen (secondary N) is 1. The molecule has 0 unspecified atom stereocenters.